The van der Waals surface area contributed by atoms with E-state index in [1.165, 1.54) is 12.0 Å². The summed E-state index contributed by atoms with van der Waals surface area (Å²) in [6, 6.07) is 8.86. The van der Waals surface area contributed by atoms with Crippen molar-refractivity contribution in [2.45, 2.75) is 31.2 Å². The van der Waals surface area contributed by atoms with Crippen LogP contribution in [0.4, 0.5) is 0 Å². The highest BCUT2D eigenvalue weighted by Gasteiger charge is 2.46. The molecule has 0 radical (unpaired) electrons. The summed E-state index contributed by atoms with van der Waals surface area (Å²) < 4.78 is 1.10. The van der Waals surface area contributed by atoms with Crippen molar-refractivity contribution < 1.29 is 4.79 Å². The van der Waals surface area contributed by atoms with E-state index < -0.39 is 0 Å². The highest BCUT2D eigenvalue weighted by Crippen LogP contribution is 2.48. The number of nitrogens with zero attached hydrogens (tertiary/aromatic N) is 1. The highest BCUT2D eigenvalue weighted by molar-refractivity contribution is 9.10. The van der Waals surface area contributed by atoms with E-state index in [0.717, 1.165) is 30.4 Å². The summed E-state index contributed by atoms with van der Waals surface area (Å²) in [5.74, 6) is 1.01. The highest BCUT2D eigenvalue weighted by atomic mass is 79.9. The predicted molar refractivity (Wildman–Crippen MR) is 83.7 cm³/mol. The Morgan fingerprint density at radius 3 is 2.80 bits per heavy atom. The molecule has 1 aliphatic heterocycles. The fourth-order valence-corrected chi connectivity index (χ4v) is 3.46. The lowest BCUT2D eigenvalue weighted by Crippen LogP contribution is -2.47. The van der Waals surface area contributed by atoms with E-state index >= 15 is 0 Å². The van der Waals surface area contributed by atoms with Crippen molar-refractivity contribution in [2.24, 2.45) is 5.92 Å². The Balaban J connectivity index is 1.61. The summed E-state index contributed by atoms with van der Waals surface area (Å²) in [6.45, 7) is 1.81. The van der Waals surface area contributed by atoms with Crippen LogP contribution in [0.3, 0.4) is 0 Å². The van der Waals surface area contributed by atoms with Crippen molar-refractivity contribution in [3.8, 4) is 0 Å². The lowest BCUT2D eigenvalue weighted by Gasteiger charge is -2.32. The van der Waals surface area contributed by atoms with E-state index in [-0.39, 0.29) is 5.92 Å². The standard InChI is InChI=1S/C16H21BrN2O/c1-18-13-3-2-8-19(10-13)16(20)15-9-14(15)11-4-6-12(17)7-5-11/h4-7,13-15,18H,2-3,8-10H2,1H3/t13-,14+,15+/m1/s1. The number of piperidine rings is 1. The predicted octanol–water partition coefficient (Wildman–Crippen LogP) is 2.76. The normalized spacial score (nSPS) is 29.3. The molecule has 108 valence electrons. The number of benzene rings is 1. The molecule has 3 rings (SSSR count). The van der Waals surface area contributed by atoms with Crippen LogP contribution in [0.25, 0.3) is 0 Å². The Morgan fingerprint density at radius 1 is 1.35 bits per heavy atom. The van der Waals surface area contributed by atoms with E-state index in [1.807, 2.05) is 7.05 Å². The van der Waals surface area contributed by atoms with E-state index in [0.29, 0.717) is 17.9 Å². The molecule has 4 heteroatoms. The van der Waals surface area contributed by atoms with Gasteiger partial charge in [0.05, 0.1) is 0 Å². The van der Waals surface area contributed by atoms with Gasteiger partial charge in [-0.25, -0.2) is 0 Å². The van der Waals surface area contributed by atoms with Gasteiger partial charge in [-0.15, -0.1) is 0 Å². The fraction of sp³-hybridized carbons (Fsp3) is 0.562. The monoisotopic (exact) mass is 336 g/mol. The minimum atomic E-state index is 0.215. The van der Waals surface area contributed by atoms with Crippen LogP contribution in [0.1, 0.15) is 30.7 Å². The molecule has 0 unspecified atom stereocenters. The second kappa shape index (κ2) is 5.86. The molecular formula is C16H21BrN2O. The third-order valence-electron chi connectivity index (χ3n) is 4.55. The van der Waals surface area contributed by atoms with Crippen molar-refractivity contribution in [2.75, 3.05) is 20.1 Å². The molecule has 1 aliphatic carbocycles. The van der Waals surface area contributed by atoms with Gasteiger partial charge in [-0.1, -0.05) is 28.1 Å². The van der Waals surface area contributed by atoms with Crippen LogP contribution in [-0.4, -0.2) is 37.0 Å². The van der Waals surface area contributed by atoms with Gasteiger partial charge in [0.2, 0.25) is 5.91 Å². The molecule has 0 bridgehead atoms. The summed E-state index contributed by atoms with van der Waals surface area (Å²) in [4.78, 5) is 14.6. The second-order valence-corrected chi connectivity index (χ2v) is 6.83. The summed E-state index contributed by atoms with van der Waals surface area (Å²) >= 11 is 3.45. The van der Waals surface area contributed by atoms with Crippen LogP contribution in [0, 0.1) is 5.92 Å². The minimum Gasteiger partial charge on any atom is -0.341 e. The first kappa shape index (κ1) is 14.1. The average Bonchev–Trinajstić information content (AvgIpc) is 3.28. The Morgan fingerprint density at radius 2 is 2.10 bits per heavy atom. The number of amides is 1. The van der Waals surface area contributed by atoms with Gasteiger partial charge in [0.1, 0.15) is 0 Å². The quantitative estimate of drug-likeness (QED) is 0.920. The topological polar surface area (TPSA) is 32.3 Å². The second-order valence-electron chi connectivity index (χ2n) is 5.91. The maximum atomic E-state index is 12.6. The third kappa shape index (κ3) is 2.91. The van der Waals surface area contributed by atoms with Crippen molar-refractivity contribution in [1.82, 2.24) is 10.2 Å². The van der Waals surface area contributed by atoms with Crippen molar-refractivity contribution in [3.63, 3.8) is 0 Å². The zero-order valence-corrected chi connectivity index (χ0v) is 13.4. The third-order valence-corrected chi connectivity index (χ3v) is 5.08. The zero-order valence-electron chi connectivity index (χ0n) is 11.8. The van der Waals surface area contributed by atoms with Gasteiger partial charge in [0, 0.05) is 29.5 Å². The Kier molecular flexibility index (Phi) is 4.13. The summed E-state index contributed by atoms with van der Waals surface area (Å²) in [5, 5.41) is 3.30. The molecular weight excluding hydrogens is 316 g/mol. The van der Waals surface area contributed by atoms with Crippen LogP contribution >= 0.6 is 15.9 Å². The molecule has 0 aromatic heterocycles. The van der Waals surface area contributed by atoms with Crippen molar-refractivity contribution >= 4 is 21.8 Å². The smallest absolute Gasteiger partial charge is 0.226 e. The SMILES string of the molecule is CN[C@@H]1CCCN(C(=O)[C@H]2C[C@H]2c2ccc(Br)cc2)C1. The van der Waals surface area contributed by atoms with E-state index in [2.05, 4.69) is 50.4 Å². The molecule has 3 atom stereocenters. The number of hydrogen-bond donors (Lipinski definition) is 1. The van der Waals surface area contributed by atoms with Crippen LogP contribution in [-0.2, 0) is 4.79 Å². The largest absolute Gasteiger partial charge is 0.341 e. The Hall–Kier alpha value is -0.870. The molecule has 1 aromatic carbocycles. The van der Waals surface area contributed by atoms with Gasteiger partial charge in [0.25, 0.3) is 0 Å². The molecule has 1 aromatic rings. The first-order valence-electron chi connectivity index (χ1n) is 7.40. The number of likely N-dealkylation sites (tertiary alicyclic amines) is 1. The number of likely N-dealkylation sites (N-methyl/N-ethyl adjacent to an activating group) is 1. The number of carbonyl (C=O) groups is 1. The van der Waals surface area contributed by atoms with Crippen LogP contribution in [0.15, 0.2) is 28.7 Å². The molecule has 1 amide bonds. The van der Waals surface area contributed by atoms with E-state index in [1.54, 1.807) is 0 Å². The lowest BCUT2D eigenvalue weighted by molar-refractivity contribution is -0.134. The average molecular weight is 337 g/mol. The number of carbonyl (C=O) groups excluding carboxylic acids is 1. The zero-order chi connectivity index (χ0) is 14.1. The van der Waals surface area contributed by atoms with E-state index in [9.17, 15) is 4.79 Å². The van der Waals surface area contributed by atoms with Crippen LogP contribution in [0.5, 0.6) is 0 Å². The molecule has 1 N–H and O–H groups in total. The van der Waals surface area contributed by atoms with Crippen molar-refractivity contribution in [1.29, 1.82) is 0 Å². The van der Waals surface area contributed by atoms with Crippen molar-refractivity contribution in [3.05, 3.63) is 34.3 Å². The number of rotatable bonds is 3. The van der Waals surface area contributed by atoms with Gasteiger partial charge in [-0.05, 0) is 49.9 Å². The maximum absolute atomic E-state index is 12.6. The number of hydrogen-bond acceptors (Lipinski definition) is 2. The molecule has 20 heavy (non-hydrogen) atoms. The maximum Gasteiger partial charge on any atom is 0.226 e. The molecule has 1 saturated carbocycles. The molecule has 3 nitrogen and oxygen atoms in total. The Labute approximate surface area is 128 Å². The molecule has 0 spiro atoms. The van der Waals surface area contributed by atoms with Crippen LogP contribution in [0.2, 0.25) is 0 Å². The molecule has 1 heterocycles. The molecule has 1 saturated heterocycles. The number of halogens is 1. The van der Waals surface area contributed by atoms with Gasteiger partial charge < -0.3 is 10.2 Å². The minimum absolute atomic E-state index is 0.215. The molecule has 2 fully saturated rings. The van der Waals surface area contributed by atoms with Gasteiger partial charge in [0.15, 0.2) is 0 Å². The summed E-state index contributed by atoms with van der Waals surface area (Å²) in [5.41, 5.74) is 1.30. The van der Waals surface area contributed by atoms with Crippen LogP contribution < -0.4 is 5.32 Å². The lowest BCUT2D eigenvalue weighted by atomic mass is 10.0. The fourth-order valence-electron chi connectivity index (χ4n) is 3.19. The first-order valence-corrected chi connectivity index (χ1v) is 8.20. The summed E-state index contributed by atoms with van der Waals surface area (Å²) in [7, 11) is 1.99. The summed E-state index contributed by atoms with van der Waals surface area (Å²) in [6.07, 6.45) is 3.31. The van der Waals surface area contributed by atoms with Gasteiger partial charge >= 0.3 is 0 Å². The first-order chi connectivity index (χ1) is 9.69. The molecule has 2 aliphatic rings. The Bertz CT molecular complexity index is 488. The number of nitrogens with one attached hydrogen (secondary N) is 1. The van der Waals surface area contributed by atoms with Gasteiger partial charge in [-0.2, -0.15) is 0 Å². The van der Waals surface area contributed by atoms with E-state index in [4.69, 9.17) is 0 Å². The van der Waals surface area contributed by atoms with Gasteiger partial charge in [-0.3, -0.25) is 4.79 Å².